The number of rotatable bonds is 6. The highest BCUT2D eigenvalue weighted by Gasteiger charge is 2.24. The maximum Gasteiger partial charge on any atom is 0.224 e. The lowest BCUT2D eigenvalue weighted by Gasteiger charge is -2.15. The second-order valence-corrected chi connectivity index (χ2v) is 7.00. The number of thioether (sulfide) groups is 1. The van der Waals surface area contributed by atoms with E-state index in [1.165, 1.54) is 6.42 Å². The van der Waals surface area contributed by atoms with Crippen LogP contribution in [0.5, 0.6) is 5.75 Å². The number of anilines is 4. The molecule has 1 fully saturated rings. The zero-order valence-corrected chi connectivity index (χ0v) is 14.8. The highest BCUT2D eigenvalue weighted by Crippen LogP contribution is 2.30. The molecule has 0 amide bonds. The number of aromatic nitrogens is 2. The molecule has 1 aromatic heterocycles. The second-order valence-electron chi connectivity index (χ2n) is 5.86. The summed E-state index contributed by atoms with van der Waals surface area (Å²) in [5, 5.41) is 7.39. The van der Waals surface area contributed by atoms with Crippen molar-refractivity contribution in [3.8, 4) is 5.75 Å². The lowest BCUT2D eigenvalue weighted by molar-refractivity contribution is 0.415. The van der Waals surface area contributed by atoms with Crippen LogP contribution in [-0.2, 0) is 0 Å². The third-order valence-corrected chi connectivity index (χ3v) is 5.32. The van der Waals surface area contributed by atoms with Crippen molar-refractivity contribution in [2.45, 2.75) is 30.6 Å². The molecule has 2 aromatic rings. The first-order valence-electron chi connectivity index (χ1n) is 8.01. The van der Waals surface area contributed by atoms with Crippen LogP contribution in [0.1, 0.15) is 19.3 Å². The molecule has 0 saturated heterocycles. The first-order chi connectivity index (χ1) is 11.7. The Hall–Kier alpha value is -2.15. The molecule has 0 aliphatic heterocycles. The molecule has 24 heavy (non-hydrogen) atoms. The minimum atomic E-state index is 0.430. The lowest BCUT2D eigenvalue weighted by atomic mass is 10.2. The van der Waals surface area contributed by atoms with E-state index in [0.29, 0.717) is 23.5 Å². The van der Waals surface area contributed by atoms with Crippen LogP contribution in [-0.4, -0.2) is 34.6 Å². The summed E-state index contributed by atoms with van der Waals surface area (Å²) in [7, 11) is 1.65. The fourth-order valence-corrected chi connectivity index (χ4v) is 3.64. The normalized spacial score (nSPS) is 19.9. The zero-order valence-electron chi connectivity index (χ0n) is 14.0. The van der Waals surface area contributed by atoms with E-state index in [-0.39, 0.29) is 0 Å². The van der Waals surface area contributed by atoms with Crippen molar-refractivity contribution in [2.24, 2.45) is 0 Å². The van der Waals surface area contributed by atoms with Gasteiger partial charge >= 0.3 is 0 Å². The molecule has 128 valence electrons. The van der Waals surface area contributed by atoms with E-state index in [1.54, 1.807) is 13.3 Å². The highest BCUT2D eigenvalue weighted by atomic mass is 32.2. The molecule has 0 radical (unpaired) electrons. The second kappa shape index (κ2) is 7.61. The van der Waals surface area contributed by atoms with Crippen LogP contribution in [0, 0.1) is 0 Å². The van der Waals surface area contributed by atoms with Crippen molar-refractivity contribution in [1.29, 1.82) is 0 Å². The number of benzene rings is 1. The number of ether oxygens (including phenoxy) is 1. The quantitative estimate of drug-likeness (QED) is 0.738. The molecule has 0 spiro atoms. The minimum absolute atomic E-state index is 0.430. The number of nitrogens with zero attached hydrogens (tertiary/aromatic N) is 2. The van der Waals surface area contributed by atoms with Gasteiger partial charge in [0, 0.05) is 17.0 Å². The molecule has 6 nitrogen and oxygen atoms in total. The molecule has 3 rings (SSSR count). The van der Waals surface area contributed by atoms with Crippen LogP contribution in [0.3, 0.4) is 0 Å². The average molecular weight is 345 g/mol. The number of methoxy groups -OCH3 is 1. The Morgan fingerprint density at radius 3 is 2.71 bits per heavy atom. The molecule has 1 saturated carbocycles. The fraction of sp³-hybridized carbons (Fsp3) is 0.412. The van der Waals surface area contributed by atoms with Crippen molar-refractivity contribution in [3.05, 3.63) is 30.5 Å². The Balaban J connectivity index is 1.69. The van der Waals surface area contributed by atoms with Crippen molar-refractivity contribution in [2.75, 3.05) is 29.7 Å². The van der Waals surface area contributed by atoms with Gasteiger partial charge in [0.1, 0.15) is 5.75 Å². The summed E-state index contributed by atoms with van der Waals surface area (Å²) < 4.78 is 5.16. The van der Waals surface area contributed by atoms with Gasteiger partial charge in [-0.15, -0.1) is 0 Å². The van der Waals surface area contributed by atoms with Crippen LogP contribution in [0.15, 0.2) is 30.5 Å². The summed E-state index contributed by atoms with van der Waals surface area (Å²) in [5.74, 6) is 2.03. The molecule has 2 unspecified atom stereocenters. The predicted molar refractivity (Wildman–Crippen MR) is 101 cm³/mol. The third kappa shape index (κ3) is 4.03. The summed E-state index contributed by atoms with van der Waals surface area (Å²) in [5.41, 5.74) is 7.42. The molecular weight excluding hydrogens is 322 g/mol. The Labute approximate surface area is 146 Å². The van der Waals surface area contributed by atoms with Gasteiger partial charge in [-0.2, -0.15) is 16.7 Å². The van der Waals surface area contributed by atoms with E-state index in [2.05, 4.69) is 26.9 Å². The Morgan fingerprint density at radius 1 is 1.25 bits per heavy atom. The van der Waals surface area contributed by atoms with E-state index in [1.807, 2.05) is 36.0 Å². The van der Waals surface area contributed by atoms with Gasteiger partial charge in [-0.05, 0) is 49.8 Å². The molecule has 0 bridgehead atoms. The minimum Gasteiger partial charge on any atom is -0.497 e. The molecule has 1 aromatic carbocycles. The van der Waals surface area contributed by atoms with Gasteiger partial charge in [-0.25, -0.2) is 4.98 Å². The number of hydrogen-bond donors (Lipinski definition) is 3. The summed E-state index contributed by atoms with van der Waals surface area (Å²) >= 11 is 1.93. The van der Waals surface area contributed by atoms with Gasteiger partial charge in [0.2, 0.25) is 5.95 Å². The topological polar surface area (TPSA) is 85.1 Å². The Morgan fingerprint density at radius 2 is 2.04 bits per heavy atom. The molecule has 1 heterocycles. The fourth-order valence-electron chi connectivity index (χ4n) is 2.84. The zero-order chi connectivity index (χ0) is 16.9. The summed E-state index contributed by atoms with van der Waals surface area (Å²) in [6.07, 6.45) is 7.35. The van der Waals surface area contributed by atoms with Gasteiger partial charge in [-0.3, -0.25) is 0 Å². The third-order valence-electron chi connectivity index (χ3n) is 4.22. The molecule has 1 aliphatic carbocycles. The Kier molecular flexibility index (Phi) is 5.30. The van der Waals surface area contributed by atoms with E-state index in [0.717, 1.165) is 29.5 Å². The van der Waals surface area contributed by atoms with Crippen LogP contribution in [0.25, 0.3) is 0 Å². The standard InChI is InChI=1S/C17H23N5OS/c1-23-13-6-3-11(4-7-13)20-16-15(18)10-19-17(22-16)21-12-5-8-14(9-12)24-2/h3-4,6-7,10,12,14H,5,8-9,18H2,1-2H3,(H2,19,20,21,22). The van der Waals surface area contributed by atoms with Gasteiger partial charge in [0.15, 0.2) is 5.82 Å². The van der Waals surface area contributed by atoms with Crippen molar-refractivity contribution in [3.63, 3.8) is 0 Å². The molecule has 4 N–H and O–H groups in total. The number of hydrogen-bond acceptors (Lipinski definition) is 7. The van der Waals surface area contributed by atoms with Crippen molar-refractivity contribution < 1.29 is 4.74 Å². The maximum atomic E-state index is 6.00. The van der Waals surface area contributed by atoms with E-state index < -0.39 is 0 Å². The first-order valence-corrected chi connectivity index (χ1v) is 9.29. The molecular formula is C17H23N5OS. The largest absolute Gasteiger partial charge is 0.497 e. The summed E-state index contributed by atoms with van der Waals surface area (Å²) in [6.45, 7) is 0. The van der Waals surface area contributed by atoms with E-state index in [9.17, 15) is 0 Å². The number of nitrogens with one attached hydrogen (secondary N) is 2. The monoisotopic (exact) mass is 345 g/mol. The molecule has 7 heteroatoms. The lowest BCUT2D eigenvalue weighted by Crippen LogP contribution is -2.18. The van der Waals surface area contributed by atoms with Crippen LogP contribution in [0.2, 0.25) is 0 Å². The van der Waals surface area contributed by atoms with Crippen LogP contribution in [0.4, 0.5) is 23.1 Å². The van der Waals surface area contributed by atoms with Gasteiger partial charge in [-0.1, -0.05) is 0 Å². The maximum absolute atomic E-state index is 6.00. The predicted octanol–water partition coefficient (Wildman–Crippen LogP) is 3.51. The van der Waals surface area contributed by atoms with Crippen molar-refractivity contribution in [1.82, 2.24) is 9.97 Å². The van der Waals surface area contributed by atoms with Gasteiger partial charge in [0.25, 0.3) is 0 Å². The summed E-state index contributed by atoms with van der Waals surface area (Å²) in [6, 6.07) is 8.06. The van der Waals surface area contributed by atoms with E-state index in [4.69, 9.17) is 10.5 Å². The average Bonchev–Trinajstić information content (AvgIpc) is 3.06. The van der Waals surface area contributed by atoms with Gasteiger partial charge in [0.05, 0.1) is 19.0 Å². The SMILES string of the molecule is COc1ccc(Nc2nc(NC3CCC(SC)C3)ncc2N)cc1. The smallest absolute Gasteiger partial charge is 0.224 e. The van der Waals surface area contributed by atoms with E-state index >= 15 is 0 Å². The number of nitrogens with two attached hydrogens (primary N) is 1. The Bertz CT molecular complexity index is 679. The summed E-state index contributed by atoms with van der Waals surface area (Å²) in [4.78, 5) is 8.84. The van der Waals surface area contributed by atoms with Crippen LogP contribution >= 0.6 is 11.8 Å². The van der Waals surface area contributed by atoms with Crippen molar-refractivity contribution >= 4 is 34.9 Å². The number of nitrogen functional groups attached to an aromatic ring is 1. The van der Waals surface area contributed by atoms with Gasteiger partial charge < -0.3 is 21.1 Å². The van der Waals surface area contributed by atoms with Crippen LogP contribution < -0.4 is 21.1 Å². The molecule has 2 atom stereocenters. The molecule has 1 aliphatic rings. The highest BCUT2D eigenvalue weighted by molar-refractivity contribution is 7.99. The first kappa shape index (κ1) is 16.7.